The van der Waals surface area contributed by atoms with Crippen LogP contribution in [0.4, 0.5) is 17.6 Å². The molecule has 0 saturated carbocycles. The number of rotatable bonds is 0. The predicted octanol–water partition coefficient (Wildman–Crippen LogP) is 2.31. The van der Waals surface area contributed by atoms with Gasteiger partial charge in [-0.15, -0.1) is 0 Å². The van der Waals surface area contributed by atoms with E-state index in [1.807, 2.05) is 0 Å². The number of hydrogen-bond acceptors (Lipinski definition) is 2. The van der Waals surface area contributed by atoms with E-state index in [1.165, 1.54) is 0 Å². The maximum atomic E-state index is 10.3. The highest BCUT2D eigenvalue weighted by Crippen LogP contribution is 2.08. The molecule has 0 aliphatic carbocycles. The van der Waals surface area contributed by atoms with Gasteiger partial charge in [-0.05, 0) is 0 Å². The van der Waals surface area contributed by atoms with Crippen molar-refractivity contribution >= 4 is 0 Å². The van der Waals surface area contributed by atoms with Crippen molar-refractivity contribution in [1.82, 2.24) is 12.3 Å². The minimum atomic E-state index is -2.91. The molecular weight excluding hydrogens is 128 g/mol. The molecule has 6 N–H and O–H groups in total. The van der Waals surface area contributed by atoms with Crippen LogP contribution in [0.15, 0.2) is 12.2 Å². The lowest BCUT2D eigenvalue weighted by Crippen LogP contribution is -1.56. The topological polar surface area (TPSA) is 70.0 Å². The maximum Gasteiger partial charge on any atom is 0.334 e. The molecule has 0 amide bonds. The highest BCUT2D eigenvalue weighted by Gasteiger charge is 1.98. The molecule has 0 fully saturated rings. The highest BCUT2D eigenvalue weighted by molar-refractivity contribution is 4.77. The first-order valence-electron chi connectivity index (χ1n) is 1.01. The average Bonchev–Trinajstić information content (AvgIpc) is 1.36. The van der Waals surface area contributed by atoms with Crippen molar-refractivity contribution in [3.05, 3.63) is 12.2 Å². The zero-order chi connectivity index (χ0) is 5.15. The molecule has 8 heavy (non-hydrogen) atoms. The fourth-order valence-electron chi connectivity index (χ4n) is 0. The third-order valence-corrected chi connectivity index (χ3v) is 0.143. The smallest absolute Gasteiger partial charge is 0.334 e. The second kappa shape index (κ2) is 6.38. The third-order valence-electron chi connectivity index (χ3n) is 0.143. The van der Waals surface area contributed by atoms with Gasteiger partial charge in [-0.25, -0.2) is 0 Å². The van der Waals surface area contributed by atoms with Crippen LogP contribution in [0.1, 0.15) is 0 Å². The monoisotopic (exact) mass is 134 g/mol. The fourth-order valence-corrected chi connectivity index (χ4v) is 0. The Labute approximate surface area is 43.3 Å². The molecule has 0 bridgehead atoms. The van der Waals surface area contributed by atoms with Gasteiger partial charge in [0.25, 0.3) is 0 Å². The summed E-state index contributed by atoms with van der Waals surface area (Å²) in [4.78, 5) is 0. The largest absolute Gasteiger partial charge is 0.344 e. The first-order valence-corrected chi connectivity index (χ1v) is 1.01. The van der Waals surface area contributed by atoms with E-state index < -0.39 is 12.2 Å². The minimum Gasteiger partial charge on any atom is -0.344 e. The van der Waals surface area contributed by atoms with Gasteiger partial charge in [-0.1, -0.05) is 0 Å². The molecule has 0 aromatic rings. The summed E-state index contributed by atoms with van der Waals surface area (Å²) in [6, 6.07) is 0. The molecule has 0 unspecified atom stereocenters. The zero-order valence-electron chi connectivity index (χ0n) is 3.93. The summed E-state index contributed by atoms with van der Waals surface area (Å²) in [5, 5.41) is 0. The molecule has 6 heteroatoms. The van der Waals surface area contributed by atoms with Gasteiger partial charge in [0.15, 0.2) is 0 Å². The van der Waals surface area contributed by atoms with Crippen molar-refractivity contribution in [2.45, 2.75) is 0 Å². The molecule has 0 atom stereocenters. The van der Waals surface area contributed by atoms with Gasteiger partial charge >= 0.3 is 12.2 Å². The summed E-state index contributed by atoms with van der Waals surface area (Å²) in [5.74, 6) is 0. The van der Waals surface area contributed by atoms with Crippen LogP contribution in [0.2, 0.25) is 0 Å². The SMILES string of the molecule is FC(F)=C(F)F.N.N. The van der Waals surface area contributed by atoms with E-state index in [1.54, 1.807) is 0 Å². The van der Waals surface area contributed by atoms with E-state index in [9.17, 15) is 17.6 Å². The first kappa shape index (κ1) is 15.7. The Morgan fingerprint density at radius 2 is 0.750 bits per heavy atom. The van der Waals surface area contributed by atoms with Crippen LogP contribution in [0, 0.1) is 0 Å². The summed E-state index contributed by atoms with van der Waals surface area (Å²) in [5.41, 5.74) is 0. The Kier molecular flexibility index (Phi) is 12.5. The lowest BCUT2D eigenvalue weighted by molar-refractivity contribution is 0.308. The summed E-state index contributed by atoms with van der Waals surface area (Å²) in [6.45, 7) is 0. The Morgan fingerprint density at radius 1 is 0.625 bits per heavy atom. The normalized spacial score (nSPS) is 6.00. The van der Waals surface area contributed by atoms with Crippen molar-refractivity contribution in [2.75, 3.05) is 0 Å². The molecule has 0 rings (SSSR count). The molecule has 0 aromatic heterocycles. The molecule has 0 radical (unpaired) electrons. The van der Waals surface area contributed by atoms with Crippen LogP contribution in [0.5, 0.6) is 0 Å². The standard InChI is InChI=1S/C2F4.2H3N/c3-1(4)2(5)6;;/h;2*1H3. The van der Waals surface area contributed by atoms with Gasteiger partial charge in [0.2, 0.25) is 0 Å². The van der Waals surface area contributed by atoms with E-state index in [-0.39, 0.29) is 12.3 Å². The van der Waals surface area contributed by atoms with Crippen LogP contribution in [0.3, 0.4) is 0 Å². The molecule has 0 aliphatic rings. The maximum absolute atomic E-state index is 10.3. The molecule has 0 aromatic carbocycles. The Morgan fingerprint density at radius 3 is 0.750 bits per heavy atom. The summed E-state index contributed by atoms with van der Waals surface area (Å²) in [7, 11) is 0. The fraction of sp³-hybridized carbons (Fsp3) is 0. The first-order chi connectivity index (χ1) is 2.64. The molecule has 0 heterocycles. The lowest BCUT2D eigenvalue weighted by atomic mass is 11.1. The predicted molar refractivity (Wildman–Crippen MR) is 21.5 cm³/mol. The van der Waals surface area contributed by atoms with Crippen LogP contribution < -0.4 is 12.3 Å². The lowest BCUT2D eigenvalue weighted by Gasteiger charge is -1.69. The quantitative estimate of drug-likeness (QED) is 0.499. The van der Waals surface area contributed by atoms with Crippen molar-refractivity contribution < 1.29 is 17.6 Å². The van der Waals surface area contributed by atoms with Crippen molar-refractivity contribution in [3.63, 3.8) is 0 Å². The molecule has 0 aliphatic heterocycles. The van der Waals surface area contributed by atoms with Crippen LogP contribution >= 0.6 is 0 Å². The minimum absolute atomic E-state index is 0. The Bertz CT molecular complexity index is 62.1. The third kappa shape index (κ3) is 9.03. The zero-order valence-corrected chi connectivity index (χ0v) is 3.93. The number of halogens is 4. The van der Waals surface area contributed by atoms with Gasteiger partial charge in [0.05, 0.1) is 0 Å². The molecular formula is C2H6F4N2. The molecule has 2 nitrogen and oxygen atoms in total. The second-order valence-corrected chi connectivity index (χ2v) is 0.521. The van der Waals surface area contributed by atoms with Gasteiger partial charge in [-0.2, -0.15) is 17.6 Å². The van der Waals surface area contributed by atoms with Crippen LogP contribution in [-0.2, 0) is 0 Å². The van der Waals surface area contributed by atoms with Gasteiger partial charge in [0, 0.05) is 0 Å². The van der Waals surface area contributed by atoms with Crippen LogP contribution in [0.25, 0.3) is 0 Å². The van der Waals surface area contributed by atoms with Crippen molar-refractivity contribution in [1.29, 1.82) is 0 Å². The average molecular weight is 134 g/mol. The Balaban J connectivity index is -0.000000125. The van der Waals surface area contributed by atoms with Gasteiger partial charge < -0.3 is 12.3 Å². The van der Waals surface area contributed by atoms with Gasteiger partial charge in [0.1, 0.15) is 0 Å². The summed E-state index contributed by atoms with van der Waals surface area (Å²) >= 11 is 0. The van der Waals surface area contributed by atoms with Crippen LogP contribution in [-0.4, -0.2) is 0 Å². The number of hydrogen-bond donors (Lipinski definition) is 2. The van der Waals surface area contributed by atoms with E-state index in [2.05, 4.69) is 0 Å². The van der Waals surface area contributed by atoms with Gasteiger partial charge in [-0.3, -0.25) is 0 Å². The van der Waals surface area contributed by atoms with E-state index in [0.717, 1.165) is 0 Å². The Hall–Kier alpha value is -0.620. The van der Waals surface area contributed by atoms with E-state index in [0.29, 0.717) is 0 Å². The summed E-state index contributed by atoms with van der Waals surface area (Å²) in [6.07, 6.45) is -5.81. The molecule has 52 valence electrons. The highest BCUT2D eigenvalue weighted by atomic mass is 19.3. The molecule has 0 saturated heterocycles. The molecule has 0 spiro atoms. The van der Waals surface area contributed by atoms with Crippen molar-refractivity contribution in [2.24, 2.45) is 0 Å². The second-order valence-electron chi connectivity index (χ2n) is 0.521. The van der Waals surface area contributed by atoms with E-state index >= 15 is 0 Å². The van der Waals surface area contributed by atoms with E-state index in [4.69, 9.17) is 0 Å². The summed E-state index contributed by atoms with van der Waals surface area (Å²) < 4.78 is 41.1. The van der Waals surface area contributed by atoms with Crippen molar-refractivity contribution in [3.8, 4) is 0 Å².